The van der Waals surface area contributed by atoms with Crippen LogP contribution in [0.3, 0.4) is 0 Å². The lowest BCUT2D eigenvalue weighted by atomic mass is 9.97. The van der Waals surface area contributed by atoms with Gasteiger partial charge in [0.2, 0.25) is 0 Å². The molecule has 2 heterocycles. The van der Waals surface area contributed by atoms with Crippen LogP contribution in [0.2, 0.25) is 0 Å². The molecular weight excluding hydrogens is 378 g/mol. The smallest absolute Gasteiger partial charge is 0.349 e. The highest BCUT2D eigenvalue weighted by molar-refractivity contribution is 7.12. The van der Waals surface area contributed by atoms with E-state index in [1.54, 1.807) is 4.90 Å². The van der Waals surface area contributed by atoms with Gasteiger partial charge in [-0.3, -0.25) is 9.59 Å². The van der Waals surface area contributed by atoms with Crippen molar-refractivity contribution in [2.75, 3.05) is 26.8 Å². The fourth-order valence-electron chi connectivity index (χ4n) is 3.24. The predicted molar refractivity (Wildman–Crippen MR) is 106 cm³/mol. The number of nitrogens with zero attached hydrogens (tertiary/aromatic N) is 1. The molecule has 0 bridgehead atoms. The Morgan fingerprint density at radius 2 is 1.79 bits per heavy atom. The number of hydrogen-bond acceptors (Lipinski definition) is 6. The Kier molecular flexibility index (Phi) is 6.46. The Morgan fingerprint density at radius 3 is 2.43 bits per heavy atom. The number of esters is 2. The third-order valence-electron chi connectivity index (χ3n) is 4.92. The maximum Gasteiger partial charge on any atom is 0.349 e. The van der Waals surface area contributed by atoms with Crippen LogP contribution in [0.25, 0.3) is 11.1 Å². The van der Waals surface area contributed by atoms with Crippen LogP contribution in [0, 0.1) is 12.8 Å². The zero-order chi connectivity index (χ0) is 20.1. The highest BCUT2D eigenvalue weighted by Crippen LogP contribution is 2.29. The molecule has 0 spiro atoms. The van der Waals surface area contributed by atoms with Crippen LogP contribution in [0.4, 0.5) is 0 Å². The van der Waals surface area contributed by atoms with Crippen molar-refractivity contribution in [2.45, 2.75) is 19.8 Å². The number of carbonyl (C=O) groups excluding carboxylic acids is 3. The molecule has 1 fully saturated rings. The first-order valence-electron chi connectivity index (χ1n) is 9.17. The van der Waals surface area contributed by atoms with Gasteiger partial charge in [0.15, 0.2) is 6.61 Å². The molecule has 7 heteroatoms. The van der Waals surface area contributed by atoms with Crippen molar-refractivity contribution in [2.24, 2.45) is 5.92 Å². The van der Waals surface area contributed by atoms with Gasteiger partial charge in [-0.1, -0.05) is 29.8 Å². The molecule has 1 aromatic carbocycles. The molecule has 0 aliphatic carbocycles. The predicted octanol–water partition coefficient (Wildman–Crippen LogP) is 3.29. The van der Waals surface area contributed by atoms with Crippen molar-refractivity contribution in [1.29, 1.82) is 0 Å². The molecule has 3 rings (SSSR count). The summed E-state index contributed by atoms with van der Waals surface area (Å²) in [6, 6.07) is 9.79. The first kappa shape index (κ1) is 20.1. The van der Waals surface area contributed by atoms with Gasteiger partial charge in [-0.25, -0.2) is 4.79 Å². The van der Waals surface area contributed by atoms with E-state index in [9.17, 15) is 14.4 Å². The monoisotopic (exact) mass is 401 g/mol. The minimum atomic E-state index is -0.497. The topological polar surface area (TPSA) is 72.9 Å². The van der Waals surface area contributed by atoms with Gasteiger partial charge < -0.3 is 14.4 Å². The van der Waals surface area contributed by atoms with Crippen LogP contribution in [-0.4, -0.2) is 49.6 Å². The maximum absolute atomic E-state index is 12.5. The van der Waals surface area contributed by atoms with Crippen LogP contribution in [0.1, 0.15) is 28.1 Å². The van der Waals surface area contributed by atoms with Gasteiger partial charge in [-0.2, -0.15) is 0 Å². The van der Waals surface area contributed by atoms with E-state index in [0.717, 1.165) is 16.7 Å². The van der Waals surface area contributed by atoms with Crippen LogP contribution in [0.15, 0.2) is 35.7 Å². The second-order valence-electron chi connectivity index (χ2n) is 6.78. The fourth-order valence-corrected chi connectivity index (χ4v) is 4.05. The van der Waals surface area contributed by atoms with Crippen molar-refractivity contribution >= 4 is 29.2 Å². The van der Waals surface area contributed by atoms with Gasteiger partial charge >= 0.3 is 11.9 Å². The summed E-state index contributed by atoms with van der Waals surface area (Å²) in [7, 11) is 1.37. The third kappa shape index (κ3) is 4.59. The summed E-state index contributed by atoms with van der Waals surface area (Å²) in [5.41, 5.74) is 2.89. The molecule has 0 radical (unpaired) electrons. The molecule has 0 N–H and O–H groups in total. The van der Waals surface area contributed by atoms with Crippen molar-refractivity contribution in [3.63, 3.8) is 0 Å². The molecular formula is C21H23NO5S. The van der Waals surface area contributed by atoms with Crippen LogP contribution < -0.4 is 0 Å². The Morgan fingerprint density at radius 1 is 1.11 bits per heavy atom. The van der Waals surface area contributed by atoms with Crippen molar-refractivity contribution < 1.29 is 23.9 Å². The van der Waals surface area contributed by atoms with Gasteiger partial charge in [0.1, 0.15) is 4.88 Å². The van der Waals surface area contributed by atoms with Gasteiger partial charge in [0, 0.05) is 18.7 Å². The van der Waals surface area contributed by atoms with Crippen molar-refractivity contribution in [1.82, 2.24) is 4.90 Å². The largest absolute Gasteiger partial charge is 0.469 e. The van der Waals surface area contributed by atoms with Gasteiger partial charge in [-0.15, -0.1) is 11.3 Å². The molecule has 1 aliphatic heterocycles. The molecule has 1 saturated heterocycles. The van der Waals surface area contributed by atoms with Crippen LogP contribution in [-0.2, 0) is 19.1 Å². The molecule has 0 atom stereocenters. The first-order chi connectivity index (χ1) is 13.5. The Hall–Kier alpha value is -2.67. The van der Waals surface area contributed by atoms with E-state index in [1.165, 1.54) is 18.4 Å². The summed E-state index contributed by atoms with van der Waals surface area (Å²) >= 11 is 1.30. The zero-order valence-electron chi connectivity index (χ0n) is 16.0. The van der Waals surface area contributed by atoms with E-state index in [2.05, 4.69) is 0 Å². The normalized spacial score (nSPS) is 14.6. The molecule has 1 amide bonds. The highest BCUT2D eigenvalue weighted by atomic mass is 32.1. The molecule has 2 aromatic rings. The summed E-state index contributed by atoms with van der Waals surface area (Å²) in [4.78, 5) is 38.5. The molecule has 0 saturated carbocycles. The van der Waals surface area contributed by atoms with E-state index >= 15 is 0 Å². The fraction of sp³-hybridized carbons (Fsp3) is 0.381. The number of ether oxygens (including phenoxy) is 2. The lowest BCUT2D eigenvalue weighted by Gasteiger charge is -2.30. The average molecular weight is 401 g/mol. The minimum absolute atomic E-state index is 0.167. The second-order valence-corrected chi connectivity index (χ2v) is 7.70. The standard InChI is InChI=1S/C21H23NO5S/c1-14-3-5-15(6-4-14)17-9-12-28-19(17)21(25)27-13-18(23)22-10-7-16(8-11-22)20(24)26-2/h3-6,9,12,16H,7-8,10-11,13H2,1-2H3. The van der Waals surface area contributed by atoms with E-state index in [1.807, 2.05) is 42.6 Å². The van der Waals surface area contributed by atoms with Crippen molar-refractivity contribution in [3.8, 4) is 11.1 Å². The van der Waals surface area contributed by atoms with Gasteiger partial charge in [0.05, 0.1) is 13.0 Å². The first-order valence-corrected chi connectivity index (χ1v) is 10.0. The molecule has 6 nitrogen and oxygen atoms in total. The van der Waals surface area contributed by atoms with E-state index < -0.39 is 5.97 Å². The Bertz CT molecular complexity index is 850. The Balaban J connectivity index is 1.55. The summed E-state index contributed by atoms with van der Waals surface area (Å²) in [5.74, 6) is -1.15. The number of hydrogen-bond donors (Lipinski definition) is 0. The number of thiophene rings is 1. The van der Waals surface area contributed by atoms with Gasteiger partial charge in [-0.05, 0) is 36.8 Å². The van der Waals surface area contributed by atoms with Crippen molar-refractivity contribution in [3.05, 3.63) is 46.2 Å². The van der Waals surface area contributed by atoms with Crippen LogP contribution >= 0.6 is 11.3 Å². The number of rotatable bonds is 5. The summed E-state index contributed by atoms with van der Waals surface area (Å²) in [5, 5.41) is 1.84. The number of benzene rings is 1. The number of likely N-dealkylation sites (tertiary alicyclic amines) is 1. The highest BCUT2D eigenvalue weighted by Gasteiger charge is 2.28. The quantitative estimate of drug-likeness (QED) is 0.719. The molecule has 1 aliphatic rings. The zero-order valence-corrected chi connectivity index (χ0v) is 16.8. The number of methoxy groups -OCH3 is 1. The van der Waals surface area contributed by atoms with Gasteiger partial charge in [0.25, 0.3) is 5.91 Å². The molecule has 28 heavy (non-hydrogen) atoms. The molecule has 0 unspecified atom stereocenters. The van der Waals surface area contributed by atoms with Crippen LogP contribution in [0.5, 0.6) is 0 Å². The second kappa shape index (κ2) is 9.01. The SMILES string of the molecule is COC(=O)C1CCN(C(=O)COC(=O)c2sccc2-c2ccc(C)cc2)CC1. The third-order valence-corrected chi connectivity index (χ3v) is 5.82. The Labute approximate surface area is 168 Å². The van der Waals surface area contributed by atoms with E-state index in [0.29, 0.717) is 30.8 Å². The number of amides is 1. The number of piperidine rings is 1. The van der Waals surface area contributed by atoms with E-state index in [-0.39, 0.29) is 24.4 Å². The lowest BCUT2D eigenvalue weighted by Crippen LogP contribution is -2.42. The summed E-state index contributed by atoms with van der Waals surface area (Å²) in [6.45, 7) is 2.63. The summed E-state index contributed by atoms with van der Waals surface area (Å²) in [6.07, 6.45) is 1.13. The summed E-state index contributed by atoms with van der Waals surface area (Å²) < 4.78 is 10.0. The number of aryl methyl sites for hydroxylation is 1. The average Bonchev–Trinajstić information content (AvgIpc) is 3.21. The minimum Gasteiger partial charge on any atom is -0.469 e. The molecule has 148 valence electrons. The number of carbonyl (C=O) groups is 3. The maximum atomic E-state index is 12.5. The lowest BCUT2D eigenvalue weighted by molar-refractivity contribution is -0.149. The molecule has 1 aromatic heterocycles. The van der Waals surface area contributed by atoms with E-state index in [4.69, 9.17) is 9.47 Å².